The van der Waals surface area contributed by atoms with E-state index in [0.717, 1.165) is 98.5 Å². The Kier molecular flexibility index (Phi) is 25.2. The number of benzene rings is 12. The Morgan fingerprint density at radius 3 is 0.958 bits per heavy atom. The van der Waals surface area contributed by atoms with Crippen molar-refractivity contribution < 1.29 is 115 Å². The van der Waals surface area contributed by atoms with Crippen LogP contribution in [0, 0.1) is 109 Å². The summed E-state index contributed by atoms with van der Waals surface area (Å²) in [4.78, 5) is 60.8. The topological polar surface area (TPSA) is 300 Å². The highest BCUT2D eigenvalue weighted by Crippen LogP contribution is 2.57. The van der Waals surface area contributed by atoms with E-state index in [9.17, 15) is 53.1 Å². The van der Waals surface area contributed by atoms with E-state index < -0.39 is 134 Å². The number of ether oxygens (including phenoxy) is 7. The summed E-state index contributed by atoms with van der Waals surface area (Å²) in [6.07, 6.45) is 3.52. The van der Waals surface area contributed by atoms with Gasteiger partial charge in [0, 0.05) is 138 Å². The molecule has 144 heavy (non-hydrogen) atoms. The molecule has 12 aromatic carbocycles. The number of aromatic nitrogens is 6. The quantitative estimate of drug-likeness (QED) is 0.0335. The molecular weight excluding hydrogens is 1950 g/mol. The normalized spacial score (nSPS) is 17.5. The molecule has 6 aliphatic rings. The van der Waals surface area contributed by atoms with E-state index in [4.69, 9.17) is 73.7 Å². The number of rotatable bonds is 26. The second-order valence-corrected chi connectivity index (χ2v) is 38.3. The summed E-state index contributed by atoms with van der Waals surface area (Å²) in [6.45, 7) is 6.85. The highest BCUT2D eigenvalue weighted by Gasteiger charge is 2.50. The Morgan fingerprint density at radius 2 is 0.688 bits per heavy atom. The van der Waals surface area contributed by atoms with Gasteiger partial charge in [-0.15, -0.1) is 0 Å². The van der Waals surface area contributed by atoms with Crippen LogP contribution >= 0.6 is 34.8 Å². The van der Waals surface area contributed by atoms with Crippen LogP contribution in [0.3, 0.4) is 0 Å². The Bertz CT molecular complexity index is 7960. The molecule has 1 amide bonds. The molecule has 37 heteroatoms. The number of hydrogen-bond acceptors (Lipinski definition) is 16. The van der Waals surface area contributed by atoms with E-state index in [2.05, 4.69) is 27.1 Å². The fourth-order valence-corrected chi connectivity index (χ4v) is 19.3. The number of para-hydroxylation sites is 3. The van der Waals surface area contributed by atoms with Crippen molar-refractivity contribution in [2.75, 3.05) is 6.61 Å². The number of halogens is 15. The van der Waals surface area contributed by atoms with Crippen molar-refractivity contribution in [3.63, 3.8) is 0 Å². The number of carbonyl (C=O) groups excluding carboxylic acids is 2. The third kappa shape index (κ3) is 18.7. The molecule has 734 valence electrons. The van der Waals surface area contributed by atoms with Gasteiger partial charge in [0.25, 0.3) is 17.4 Å². The smallest absolute Gasteiger partial charge is 0.338 e. The van der Waals surface area contributed by atoms with Crippen molar-refractivity contribution in [3.05, 3.63) is 334 Å². The van der Waals surface area contributed by atoms with Crippen LogP contribution in [0.2, 0.25) is 15.1 Å². The minimum atomic E-state index is -1.59. The number of fused-ring (bicyclic) bond motifs is 6. The molecule has 0 bridgehead atoms. The van der Waals surface area contributed by atoms with Gasteiger partial charge in [-0.3, -0.25) is 4.79 Å². The van der Waals surface area contributed by atoms with Crippen molar-refractivity contribution in [1.29, 1.82) is 10.5 Å². The number of aromatic carboxylic acids is 2. The van der Waals surface area contributed by atoms with Crippen LogP contribution in [-0.4, -0.2) is 69.3 Å². The lowest BCUT2D eigenvalue weighted by molar-refractivity contribution is -0.119. The van der Waals surface area contributed by atoms with Crippen molar-refractivity contribution in [2.45, 2.75) is 142 Å². The highest BCUT2D eigenvalue weighted by atomic mass is 35.5. The number of carboxylic acids is 2. The van der Waals surface area contributed by atoms with Gasteiger partial charge in [-0.2, -0.15) is 10.5 Å². The number of imidazole rings is 3. The van der Waals surface area contributed by atoms with Gasteiger partial charge in [0.1, 0.15) is 86.4 Å². The molecule has 15 aromatic rings. The number of nitriles is 2. The van der Waals surface area contributed by atoms with E-state index in [1.165, 1.54) is 79.9 Å². The van der Waals surface area contributed by atoms with Crippen LogP contribution in [0.4, 0.5) is 52.7 Å². The van der Waals surface area contributed by atoms with Crippen LogP contribution in [0.1, 0.15) is 167 Å². The molecule has 6 heterocycles. The van der Waals surface area contributed by atoms with E-state index in [0.29, 0.717) is 24.0 Å². The second kappa shape index (κ2) is 37.2. The maximum absolute atomic E-state index is 15.9. The first kappa shape index (κ1) is 97.6. The van der Waals surface area contributed by atoms with Crippen LogP contribution in [0.25, 0.3) is 66.5 Å². The van der Waals surface area contributed by atoms with Gasteiger partial charge in [0.05, 0.1) is 68.7 Å². The van der Waals surface area contributed by atoms with Crippen LogP contribution in [0.15, 0.2) is 182 Å². The number of nitrogens with two attached hydrogens (primary N) is 1. The lowest BCUT2D eigenvalue weighted by Crippen LogP contribution is -2.32. The summed E-state index contributed by atoms with van der Waals surface area (Å²) in [5, 5.41) is 38.4. The third-order valence-corrected chi connectivity index (χ3v) is 27.5. The Balaban J connectivity index is 0.000000137. The fraction of sp³-hybridized carbons (Fsp3) is 0.243. The van der Waals surface area contributed by atoms with Crippen molar-refractivity contribution in [2.24, 2.45) is 22.0 Å². The first-order valence-electron chi connectivity index (χ1n) is 45.2. The molecule has 3 aliphatic heterocycles. The molecule has 3 saturated carbocycles. The molecular formula is C107H78Cl3F12N9O13. The zero-order valence-corrected chi connectivity index (χ0v) is 78.6. The van der Waals surface area contributed by atoms with E-state index in [1.807, 2.05) is 0 Å². The number of nitrogens with zero attached hydrogens (tertiary/aromatic N) is 8. The maximum atomic E-state index is 15.9. The molecule has 0 saturated heterocycles. The molecule has 3 atom stereocenters. The molecule has 3 aliphatic carbocycles. The van der Waals surface area contributed by atoms with Crippen molar-refractivity contribution >= 4 is 91.7 Å². The molecule has 21 rings (SSSR count). The zero-order valence-electron chi connectivity index (χ0n) is 76.3. The number of carbonyl (C=O) groups is 4. The minimum absolute atomic E-state index is 0.0251. The monoisotopic (exact) mass is 2030 g/mol. The molecule has 0 spiro atoms. The minimum Gasteiger partial charge on any atom is -0.478 e. The SMILES string of the molecule is CC1(c2ccc(Cl)cc2F)Oc2cccc(-c3cc(F)c(Cc4nc5c(F)cc(C(=O)O)cc5n4CC4(CC#N)CC4)c(F)c3)c2O1.CC1(c2ccc(Cl)cc2F)Oc2cccc(-c3cc(F)c(Cc4nc5c(F)cc(C(=O)O)cc5n4CC4(CC(N)=O)CC4)c(F)c3)c2O1.CCOC(=O)c1cc(F)c2nc(Cc3c(F)cc(-c4cccc5c4OC(C)(c4ccc(Cl)cc4F)O5)cc3F)n(CC3(CC#N)CC3)c2c1. The first-order valence-corrected chi connectivity index (χ1v) is 46.3. The van der Waals surface area contributed by atoms with E-state index in [-0.39, 0.29) is 231 Å². The van der Waals surface area contributed by atoms with E-state index in [1.54, 1.807) is 70.7 Å². The van der Waals surface area contributed by atoms with Gasteiger partial charge in [0.15, 0.2) is 51.9 Å². The predicted molar refractivity (Wildman–Crippen MR) is 502 cm³/mol. The Morgan fingerprint density at radius 1 is 0.396 bits per heavy atom. The summed E-state index contributed by atoms with van der Waals surface area (Å²) in [5.74, 6) is -17.1. The molecule has 4 N–H and O–H groups in total. The van der Waals surface area contributed by atoms with Crippen molar-refractivity contribution in [1.82, 2.24) is 28.7 Å². The molecule has 3 fully saturated rings. The Labute approximate surface area is 826 Å². The van der Waals surface area contributed by atoms with Gasteiger partial charge in [-0.1, -0.05) is 71.2 Å². The molecule has 3 aromatic heterocycles. The largest absolute Gasteiger partial charge is 0.478 e. The maximum Gasteiger partial charge on any atom is 0.338 e. The fourth-order valence-electron chi connectivity index (χ4n) is 18.8. The summed E-state index contributed by atoms with van der Waals surface area (Å²) < 4.78 is 231. The summed E-state index contributed by atoms with van der Waals surface area (Å²) >= 11 is 17.7. The molecule has 3 unspecified atom stereocenters. The van der Waals surface area contributed by atoms with Crippen LogP contribution < -0.4 is 34.2 Å². The number of amides is 1. The lowest BCUT2D eigenvalue weighted by atomic mass is 9.99. The average Bonchev–Trinajstić information content (AvgIpc) is 1.62. The summed E-state index contributed by atoms with van der Waals surface area (Å²) in [7, 11) is 0. The highest BCUT2D eigenvalue weighted by molar-refractivity contribution is 6.31. The summed E-state index contributed by atoms with van der Waals surface area (Å²) in [5.41, 5.74) is 4.09. The summed E-state index contributed by atoms with van der Waals surface area (Å²) in [6, 6.07) is 44.4. The first-order chi connectivity index (χ1) is 68.6. The van der Waals surface area contributed by atoms with E-state index >= 15 is 39.5 Å². The number of hydrogen-bond donors (Lipinski definition) is 3. The number of primary amides is 1. The van der Waals surface area contributed by atoms with Gasteiger partial charge in [-0.25, -0.2) is 82.0 Å². The standard InChI is InChI=1S/C37H28ClF4N3O4.C35H26ClF4N3O5.C35H24ClF4N3O4/c1-3-47-35(46)21-15-29(42)33-30(16-21)45(19-37(9-10-37)11-12-43)32(44-33)18-24-26(39)13-20(14-27(24)40)23-5-4-6-31-34(23)49-36(2,48-31)25-8-7-22(38)17-28(25)41;1-34(22-6-5-19(36)13-25(22)39)47-28-4-2-3-20(32(28)48-34)17-9-23(37)21(24(38)10-17)14-30-42-31-26(40)11-18(33(45)46)12-27(31)43(30)16-35(7-8-35)15-29(41)44;1-34(23-6-5-20(36)15-26(23)39)46-29-4-2-3-21(32(29)47-34)18-11-24(37)22(25(38)12-18)16-30-42-31-27(40)13-19(33(44)45)14-28(31)43(30)17-35(7-8-35)9-10-41/h4-8,13-17H,3,9-11,18-19H2,1-2H3;2-6,9-13H,7-8,14-16H2,1H3,(H2,41,44)(H,45,46);2-6,11-15H,7-9,16-17H2,1H3,(H,44,45). The van der Waals surface area contributed by atoms with Gasteiger partial charge in [0.2, 0.25) is 5.91 Å². The Hall–Kier alpha value is -15.3. The van der Waals surface area contributed by atoms with Gasteiger partial charge < -0.3 is 62.8 Å². The predicted octanol–water partition coefficient (Wildman–Crippen LogP) is 25.1. The van der Waals surface area contributed by atoms with Gasteiger partial charge >= 0.3 is 17.9 Å². The molecule has 22 nitrogen and oxygen atoms in total. The van der Waals surface area contributed by atoms with Crippen molar-refractivity contribution in [3.8, 4) is 80.0 Å². The number of esters is 1. The number of carboxylic acid groups (broad SMARTS) is 2. The lowest BCUT2D eigenvalue weighted by Gasteiger charge is -2.24. The average molecular weight is 2030 g/mol. The van der Waals surface area contributed by atoms with Gasteiger partial charge in [-0.05, 0) is 213 Å². The zero-order chi connectivity index (χ0) is 102. The third-order valence-electron chi connectivity index (χ3n) is 26.8. The molecule has 0 radical (unpaired) electrons. The second-order valence-electron chi connectivity index (χ2n) is 37.0. The van der Waals surface area contributed by atoms with Crippen LogP contribution in [0.5, 0.6) is 34.5 Å². The van der Waals surface area contributed by atoms with Crippen LogP contribution in [-0.2, 0) is 65.8 Å².